The normalized spacial score (nSPS) is 15.7. The minimum absolute atomic E-state index is 0.0394. The second kappa shape index (κ2) is 6.77. The summed E-state index contributed by atoms with van der Waals surface area (Å²) in [5.74, 6) is -1.54. The number of fused-ring (bicyclic) bond motifs is 3. The first-order chi connectivity index (χ1) is 13.8. The Bertz CT molecular complexity index is 1240. The number of ketones is 1. The van der Waals surface area contributed by atoms with Crippen LogP contribution in [-0.4, -0.2) is 24.0 Å². The van der Waals surface area contributed by atoms with Crippen LogP contribution >= 0.6 is 0 Å². The number of rotatable bonds is 3. The Hall–Kier alpha value is -3.61. The van der Waals surface area contributed by atoms with E-state index < -0.39 is 23.3 Å². The molecule has 2 heterocycles. The van der Waals surface area contributed by atoms with Crippen molar-refractivity contribution < 1.29 is 28.6 Å². The number of esters is 1. The standard InChI is InChI=1S/C22H18O7/c1-10-8-15(24)28-21-17(10)20(26)18(11(2)23)22-19(21)13(9-16(25)29-22)12-6-4-5-7-14(12)27-3/h4-8,13,26H,9H2,1-3H3. The smallest absolute Gasteiger partial charge is 0.336 e. The lowest BCUT2D eigenvalue weighted by atomic mass is 9.82. The summed E-state index contributed by atoms with van der Waals surface area (Å²) in [5, 5.41) is 11.0. The lowest BCUT2D eigenvalue weighted by molar-refractivity contribution is -0.135. The zero-order valence-electron chi connectivity index (χ0n) is 16.1. The molecule has 0 spiro atoms. The van der Waals surface area contributed by atoms with Crippen LogP contribution in [-0.2, 0) is 4.79 Å². The Labute approximate surface area is 165 Å². The van der Waals surface area contributed by atoms with E-state index in [1.165, 1.54) is 20.1 Å². The van der Waals surface area contributed by atoms with Crippen molar-refractivity contribution in [2.24, 2.45) is 0 Å². The molecule has 0 radical (unpaired) electrons. The van der Waals surface area contributed by atoms with Gasteiger partial charge in [0.25, 0.3) is 0 Å². The summed E-state index contributed by atoms with van der Waals surface area (Å²) in [6.07, 6.45) is -0.0394. The highest BCUT2D eigenvalue weighted by atomic mass is 16.5. The van der Waals surface area contributed by atoms with E-state index in [0.717, 1.165) is 0 Å². The third kappa shape index (κ3) is 2.86. The van der Waals surface area contributed by atoms with Gasteiger partial charge in [-0.15, -0.1) is 0 Å². The number of hydrogen-bond acceptors (Lipinski definition) is 7. The second-order valence-corrected chi connectivity index (χ2v) is 6.95. The molecular weight excluding hydrogens is 376 g/mol. The Morgan fingerprint density at radius 1 is 1.24 bits per heavy atom. The van der Waals surface area contributed by atoms with Crippen LogP contribution in [0.2, 0.25) is 0 Å². The highest BCUT2D eigenvalue weighted by Gasteiger charge is 2.38. The molecule has 0 saturated carbocycles. The molecule has 1 N–H and O–H groups in total. The number of benzene rings is 2. The van der Waals surface area contributed by atoms with Crippen molar-refractivity contribution >= 4 is 22.7 Å². The number of phenolic OH excluding ortho intramolecular Hbond substituents is 1. The maximum absolute atomic E-state index is 12.4. The zero-order chi connectivity index (χ0) is 20.9. The summed E-state index contributed by atoms with van der Waals surface area (Å²) in [7, 11) is 1.51. The van der Waals surface area contributed by atoms with E-state index in [1.54, 1.807) is 31.2 Å². The number of para-hydroxylation sites is 1. The highest BCUT2D eigenvalue weighted by Crippen LogP contribution is 2.50. The van der Waals surface area contributed by atoms with Crippen molar-refractivity contribution in [1.82, 2.24) is 0 Å². The molecule has 0 saturated heterocycles. The summed E-state index contributed by atoms with van der Waals surface area (Å²) < 4.78 is 16.3. The molecule has 0 fully saturated rings. The van der Waals surface area contributed by atoms with Crippen LogP contribution in [0.3, 0.4) is 0 Å². The number of aromatic hydroxyl groups is 1. The van der Waals surface area contributed by atoms with Crippen molar-refractivity contribution in [3.05, 3.63) is 63.0 Å². The van der Waals surface area contributed by atoms with Crippen molar-refractivity contribution in [1.29, 1.82) is 0 Å². The molecule has 1 aliphatic rings. The van der Waals surface area contributed by atoms with E-state index in [2.05, 4.69) is 0 Å². The van der Waals surface area contributed by atoms with Gasteiger partial charge in [-0.25, -0.2) is 4.79 Å². The number of carbonyl (C=O) groups excluding carboxylic acids is 2. The van der Waals surface area contributed by atoms with Gasteiger partial charge in [0.15, 0.2) is 11.5 Å². The topological polar surface area (TPSA) is 103 Å². The van der Waals surface area contributed by atoms with Crippen molar-refractivity contribution in [2.75, 3.05) is 7.11 Å². The van der Waals surface area contributed by atoms with Crippen LogP contribution in [0.25, 0.3) is 11.0 Å². The predicted octanol–water partition coefficient (Wildman–Crippen LogP) is 3.46. The number of methoxy groups -OCH3 is 1. The molecule has 0 bridgehead atoms. The first-order valence-corrected chi connectivity index (χ1v) is 9.01. The van der Waals surface area contributed by atoms with Gasteiger partial charge in [-0.05, 0) is 25.5 Å². The van der Waals surface area contributed by atoms with Gasteiger partial charge < -0.3 is 19.0 Å². The number of Topliss-reactive ketones (excluding diaryl/α,β-unsaturated/α-hetero) is 1. The molecule has 1 aliphatic heterocycles. The quantitative estimate of drug-likeness (QED) is 0.314. The van der Waals surface area contributed by atoms with E-state index in [4.69, 9.17) is 13.9 Å². The van der Waals surface area contributed by atoms with Crippen LogP contribution in [0, 0.1) is 6.92 Å². The maximum Gasteiger partial charge on any atom is 0.336 e. The summed E-state index contributed by atoms with van der Waals surface area (Å²) in [5.41, 5.74) is 0.873. The van der Waals surface area contributed by atoms with E-state index in [0.29, 0.717) is 22.4 Å². The van der Waals surface area contributed by atoms with E-state index >= 15 is 0 Å². The average molecular weight is 394 g/mol. The molecule has 2 aromatic carbocycles. The molecule has 7 heteroatoms. The Balaban J connectivity index is 2.20. The third-order valence-electron chi connectivity index (χ3n) is 5.15. The van der Waals surface area contributed by atoms with Gasteiger partial charge in [0.2, 0.25) is 0 Å². The lowest BCUT2D eigenvalue weighted by Crippen LogP contribution is -2.24. The summed E-state index contributed by atoms with van der Waals surface area (Å²) in [6.45, 7) is 2.92. The van der Waals surface area contributed by atoms with Crippen molar-refractivity contribution in [3.8, 4) is 17.2 Å². The Morgan fingerprint density at radius 3 is 2.66 bits per heavy atom. The first-order valence-electron chi connectivity index (χ1n) is 9.01. The van der Waals surface area contributed by atoms with Gasteiger partial charge in [-0.1, -0.05) is 18.2 Å². The second-order valence-electron chi connectivity index (χ2n) is 6.95. The van der Waals surface area contributed by atoms with Gasteiger partial charge in [0, 0.05) is 23.1 Å². The van der Waals surface area contributed by atoms with Crippen LogP contribution in [0.1, 0.15) is 46.3 Å². The Morgan fingerprint density at radius 2 is 1.97 bits per heavy atom. The molecule has 148 valence electrons. The third-order valence-corrected chi connectivity index (χ3v) is 5.15. The number of hydrogen-bond donors (Lipinski definition) is 1. The number of phenols is 1. The van der Waals surface area contributed by atoms with Gasteiger partial charge in [0.05, 0.1) is 18.9 Å². The minimum Gasteiger partial charge on any atom is -0.506 e. The summed E-state index contributed by atoms with van der Waals surface area (Å²) >= 11 is 0. The van der Waals surface area contributed by atoms with E-state index in [9.17, 15) is 19.5 Å². The largest absolute Gasteiger partial charge is 0.506 e. The SMILES string of the molecule is COc1ccccc1C1CC(=O)Oc2c(C(C)=O)c(O)c3c(C)cc(=O)oc3c21. The van der Waals surface area contributed by atoms with Gasteiger partial charge >= 0.3 is 11.6 Å². The van der Waals surface area contributed by atoms with Crippen LogP contribution in [0.15, 0.2) is 39.5 Å². The lowest BCUT2D eigenvalue weighted by Gasteiger charge is -2.28. The average Bonchev–Trinajstić information content (AvgIpc) is 2.66. The fraction of sp³-hybridized carbons (Fsp3) is 0.227. The first kappa shape index (κ1) is 18.7. The van der Waals surface area contributed by atoms with Crippen LogP contribution < -0.4 is 15.1 Å². The van der Waals surface area contributed by atoms with Crippen molar-refractivity contribution in [2.45, 2.75) is 26.2 Å². The molecule has 29 heavy (non-hydrogen) atoms. The fourth-order valence-corrected chi connectivity index (χ4v) is 3.96. The maximum atomic E-state index is 12.4. The molecule has 0 amide bonds. The molecular formula is C22H18O7. The number of carbonyl (C=O) groups is 2. The zero-order valence-corrected chi connectivity index (χ0v) is 16.1. The molecule has 3 aromatic rings. The molecule has 1 aromatic heterocycles. The number of ether oxygens (including phenoxy) is 2. The van der Waals surface area contributed by atoms with Crippen molar-refractivity contribution in [3.63, 3.8) is 0 Å². The fourth-order valence-electron chi connectivity index (χ4n) is 3.96. The van der Waals surface area contributed by atoms with Crippen LogP contribution in [0.5, 0.6) is 17.2 Å². The molecule has 1 unspecified atom stereocenters. The van der Waals surface area contributed by atoms with Gasteiger partial charge in [-0.2, -0.15) is 0 Å². The van der Waals surface area contributed by atoms with E-state index in [-0.39, 0.29) is 34.5 Å². The molecule has 0 aliphatic carbocycles. The summed E-state index contributed by atoms with van der Waals surface area (Å²) in [4.78, 5) is 36.9. The predicted molar refractivity (Wildman–Crippen MR) is 104 cm³/mol. The highest BCUT2D eigenvalue weighted by molar-refractivity contribution is 6.09. The van der Waals surface area contributed by atoms with Gasteiger partial charge in [-0.3, -0.25) is 9.59 Å². The Kier molecular flexibility index (Phi) is 4.38. The van der Waals surface area contributed by atoms with Crippen LogP contribution in [0.4, 0.5) is 0 Å². The monoisotopic (exact) mass is 394 g/mol. The minimum atomic E-state index is -0.608. The van der Waals surface area contributed by atoms with E-state index in [1.807, 2.05) is 0 Å². The van der Waals surface area contributed by atoms with Gasteiger partial charge in [0.1, 0.15) is 22.6 Å². The molecule has 7 nitrogen and oxygen atoms in total. The molecule has 1 atom stereocenters. The molecule has 4 rings (SSSR count). The summed E-state index contributed by atoms with van der Waals surface area (Å²) in [6, 6.07) is 8.39. The number of aryl methyl sites for hydroxylation is 1.